The molecule has 0 bridgehead atoms. The topological polar surface area (TPSA) is 88.6 Å². The SMILES string of the molecule is CC.CCOC(=O)Cc1ccccc1OCc1nn(C2CCCCO2)c2ccc(-c3cccc(CN)c3)cc12. The lowest BCUT2D eigenvalue weighted by atomic mass is 10.0. The summed E-state index contributed by atoms with van der Waals surface area (Å²) in [6, 6.07) is 22.3. The van der Waals surface area contributed by atoms with Crippen LogP contribution < -0.4 is 10.5 Å². The van der Waals surface area contributed by atoms with Crippen molar-refractivity contribution in [2.45, 2.75) is 65.8 Å². The van der Waals surface area contributed by atoms with Gasteiger partial charge in [-0.1, -0.05) is 56.3 Å². The summed E-state index contributed by atoms with van der Waals surface area (Å²) in [7, 11) is 0. The third-order valence-corrected chi connectivity index (χ3v) is 6.68. The summed E-state index contributed by atoms with van der Waals surface area (Å²) >= 11 is 0. The fourth-order valence-electron chi connectivity index (χ4n) is 4.81. The minimum atomic E-state index is -0.271. The molecule has 0 amide bonds. The number of nitrogens with zero attached hydrogens (tertiary/aromatic N) is 2. The molecule has 39 heavy (non-hydrogen) atoms. The minimum absolute atomic E-state index is 0.0903. The summed E-state index contributed by atoms with van der Waals surface area (Å²) in [5, 5.41) is 5.99. The van der Waals surface area contributed by atoms with E-state index in [1.54, 1.807) is 6.92 Å². The van der Waals surface area contributed by atoms with Crippen LogP contribution in [-0.4, -0.2) is 29.0 Å². The highest BCUT2D eigenvalue weighted by Crippen LogP contribution is 2.32. The Morgan fingerprint density at radius 1 is 1.05 bits per heavy atom. The summed E-state index contributed by atoms with van der Waals surface area (Å²) in [6.45, 7) is 7.66. The van der Waals surface area contributed by atoms with Gasteiger partial charge in [0.1, 0.15) is 18.1 Å². The van der Waals surface area contributed by atoms with Crippen LogP contribution in [0.5, 0.6) is 5.75 Å². The number of carbonyl (C=O) groups excluding carboxylic acids is 1. The lowest BCUT2D eigenvalue weighted by molar-refractivity contribution is -0.142. The summed E-state index contributed by atoms with van der Waals surface area (Å²) < 4.78 is 19.5. The standard InChI is InChI=1S/C30H33N3O4.C2H6/c1-2-35-30(34)18-24-9-3-4-11-28(24)37-20-26-25-17-23(22-10-7-8-21(16-22)19-31)13-14-27(25)33(32-26)29-12-5-6-15-36-29;1-2/h3-4,7-11,13-14,16-17,29H,2,5-6,12,15,18-20,31H2,1H3;1-2H3. The number of carbonyl (C=O) groups is 1. The fraction of sp³-hybridized carbons (Fsp3) is 0.375. The van der Waals surface area contributed by atoms with Crippen LogP contribution >= 0.6 is 0 Å². The molecule has 7 heteroatoms. The normalized spacial score (nSPS) is 14.9. The van der Waals surface area contributed by atoms with Gasteiger partial charge in [-0.3, -0.25) is 4.79 Å². The average molecular weight is 530 g/mol. The molecule has 2 N–H and O–H groups in total. The van der Waals surface area contributed by atoms with Crippen LogP contribution in [0.3, 0.4) is 0 Å². The number of fused-ring (bicyclic) bond motifs is 1. The third kappa shape index (κ3) is 6.85. The Labute approximate surface area is 230 Å². The van der Waals surface area contributed by atoms with Crippen LogP contribution in [0.25, 0.3) is 22.0 Å². The zero-order chi connectivity index (χ0) is 27.6. The molecule has 1 unspecified atom stereocenters. The van der Waals surface area contributed by atoms with Gasteiger partial charge in [0, 0.05) is 24.1 Å². The van der Waals surface area contributed by atoms with E-state index in [0.717, 1.165) is 64.7 Å². The molecule has 3 aromatic carbocycles. The number of rotatable bonds is 9. The van der Waals surface area contributed by atoms with Crippen molar-refractivity contribution in [3.05, 3.63) is 83.6 Å². The first kappa shape index (κ1) is 28.3. The van der Waals surface area contributed by atoms with Crippen LogP contribution in [-0.2, 0) is 33.8 Å². The number of aromatic nitrogens is 2. The van der Waals surface area contributed by atoms with Gasteiger partial charge in [-0.25, -0.2) is 4.68 Å². The van der Waals surface area contributed by atoms with Gasteiger partial charge >= 0.3 is 5.97 Å². The number of para-hydroxylation sites is 1. The maximum Gasteiger partial charge on any atom is 0.310 e. The van der Waals surface area contributed by atoms with Crippen molar-refractivity contribution in [2.75, 3.05) is 13.2 Å². The first-order valence-electron chi connectivity index (χ1n) is 13.9. The van der Waals surface area contributed by atoms with Crippen LogP contribution in [0.2, 0.25) is 0 Å². The predicted octanol–water partition coefficient (Wildman–Crippen LogP) is 6.57. The number of nitrogens with two attached hydrogens (primary N) is 1. The summed E-state index contributed by atoms with van der Waals surface area (Å²) in [6.07, 6.45) is 3.19. The Morgan fingerprint density at radius 3 is 2.64 bits per heavy atom. The number of esters is 1. The fourth-order valence-corrected chi connectivity index (χ4v) is 4.81. The molecule has 5 rings (SSSR count). The zero-order valence-electron chi connectivity index (χ0n) is 23.2. The first-order valence-corrected chi connectivity index (χ1v) is 13.9. The van der Waals surface area contributed by atoms with E-state index in [1.165, 1.54) is 0 Å². The number of benzene rings is 3. The van der Waals surface area contributed by atoms with E-state index >= 15 is 0 Å². The zero-order valence-corrected chi connectivity index (χ0v) is 23.2. The number of hydrogen-bond donors (Lipinski definition) is 1. The van der Waals surface area contributed by atoms with E-state index in [4.69, 9.17) is 25.0 Å². The highest BCUT2D eigenvalue weighted by atomic mass is 16.5. The molecular formula is C32H39N3O4. The molecule has 2 heterocycles. The Bertz CT molecular complexity index is 1380. The number of ether oxygens (including phenoxy) is 3. The minimum Gasteiger partial charge on any atom is -0.487 e. The average Bonchev–Trinajstić information content (AvgIpc) is 3.36. The quantitative estimate of drug-likeness (QED) is 0.247. The van der Waals surface area contributed by atoms with Gasteiger partial charge in [0.15, 0.2) is 6.23 Å². The summed E-state index contributed by atoms with van der Waals surface area (Å²) in [5.74, 6) is 0.381. The lowest BCUT2D eigenvalue weighted by Gasteiger charge is -2.23. The van der Waals surface area contributed by atoms with Gasteiger partial charge in [-0.05, 0) is 67.1 Å². The monoisotopic (exact) mass is 529 g/mol. The van der Waals surface area contributed by atoms with Crippen LogP contribution in [0.4, 0.5) is 0 Å². The van der Waals surface area contributed by atoms with Crippen LogP contribution in [0.15, 0.2) is 66.7 Å². The maximum atomic E-state index is 12.1. The van der Waals surface area contributed by atoms with Gasteiger partial charge in [-0.15, -0.1) is 0 Å². The molecule has 1 aromatic heterocycles. The highest BCUT2D eigenvalue weighted by Gasteiger charge is 2.22. The Balaban J connectivity index is 0.00000172. The lowest BCUT2D eigenvalue weighted by Crippen LogP contribution is -2.19. The van der Waals surface area contributed by atoms with Crippen LogP contribution in [0, 0.1) is 0 Å². The highest BCUT2D eigenvalue weighted by molar-refractivity contribution is 5.87. The molecule has 7 nitrogen and oxygen atoms in total. The van der Waals surface area contributed by atoms with Crippen molar-refractivity contribution in [1.82, 2.24) is 9.78 Å². The second-order valence-corrected chi connectivity index (χ2v) is 9.23. The Kier molecular flexibility index (Phi) is 10.1. The van der Waals surface area contributed by atoms with Gasteiger partial charge in [0.25, 0.3) is 0 Å². The predicted molar refractivity (Wildman–Crippen MR) is 154 cm³/mol. The Morgan fingerprint density at radius 2 is 1.87 bits per heavy atom. The molecule has 4 aromatic rings. The van der Waals surface area contributed by atoms with E-state index in [2.05, 4.69) is 30.3 Å². The van der Waals surface area contributed by atoms with Crippen molar-refractivity contribution in [2.24, 2.45) is 5.73 Å². The van der Waals surface area contributed by atoms with Crippen molar-refractivity contribution in [3.63, 3.8) is 0 Å². The van der Waals surface area contributed by atoms with Crippen molar-refractivity contribution in [3.8, 4) is 16.9 Å². The molecule has 0 saturated carbocycles. The summed E-state index contributed by atoms with van der Waals surface area (Å²) in [4.78, 5) is 12.1. The first-order chi connectivity index (χ1) is 19.2. The van der Waals surface area contributed by atoms with Gasteiger partial charge in [-0.2, -0.15) is 5.10 Å². The smallest absolute Gasteiger partial charge is 0.310 e. The van der Waals surface area contributed by atoms with Crippen molar-refractivity contribution >= 4 is 16.9 Å². The molecule has 1 atom stereocenters. The van der Waals surface area contributed by atoms with Crippen molar-refractivity contribution in [1.29, 1.82) is 0 Å². The van der Waals surface area contributed by atoms with E-state index < -0.39 is 0 Å². The van der Waals surface area contributed by atoms with E-state index in [-0.39, 0.29) is 25.2 Å². The molecular weight excluding hydrogens is 490 g/mol. The second-order valence-electron chi connectivity index (χ2n) is 9.23. The van der Waals surface area contributed by atoms with Crippen molar-refractivity contribution < 1.29 is 19.0 Å². The summed E-state index contributed by atoms with van der Waals surface area (Å²) in [5.41, 5.74) is 11.8. The van der Waals surface area contributed by atoms with E-state index in [0.29, 0.717) is 18.9 Å². The molecule has 1 fully saturated rings. The van der Waals surface area contributed by atoms with E-state index in [9.17, 15) is 4.79 Å². The molecule has 1 aliphatic rings. The van der Waals surface area contributed by atoms with Gasteiger partial charge in [0.05, 0.1) is 18.5 Å². The molecule has 1 aliphatic heterocycles. The number of hydrogen-bond acceptors (Lipinski definition) is 6. The van der Waals surface area contributed by atoms with Gasteiger partial charge in [0.2, 0.25) is 0 Å². The molecule has 206 valence electrons. The maximum absolute atomic E-state index is 12.1. The largest absolute Gasteiger partial charge is 0.487 e. The second kappa shape index (κ2) is 13.9. The van der Waals surface area contributed by atoms with E-state index in [1.807, 2.05) is 54.9 Å². The van der Waals surface area contributed by atoms with Gasteiger partial charge < -0.3 is 19.9 Å². The third-order valence-electron chi connectivity index (χ3n) is 6.68. The Hall–Kier alpha value is -3.68. The molecule has 0 spiro atoms. The molecule has 0 radical (unpaired) electrons. The molecule has 1 saturated heterocycles. The molecule has 0 aliphatic carbocycles. The van der Waals surface area contributed by atoms with Crippen LogP contribution in [0.1, 0.15) is 63.1 Å².